The number of aliphatic hydroxyl groups excluding tert-OH is 2. The van der Waals surface area contributed by atoms with Crippen molar-refractivity contribution in [3.05, 3.63) is 42.2 Å². The minimum absolute atomic E-state index is 0. The summed E-state index contributed by atoms with van der Waals surface area (Å²) < 4.78 is 1.77. The van der Waals surface area contributed by atoms with E-state index in [-0.39, 0.29) is 45.1 Å². The van der Waals surface area contributed by atoms with Crippen LogP contribution in [0.25, 0.3) is 10.9 Å². The lowest BCUT2D eigenvalue weighted by atomic mass is 10.1. The predicted molar refractivity (Wildman–Crippen MR) is 139 cm³/mol. The first-order valence-electron chi connectivity index (χ1n) is 10.6. The van der Waals surface area contributed by atoms with Crippen LogP contribution in [0.3, 0.4) is 0 Å². The zero-order valence-electron chi connectivity index (χ0n) is 18.4. The van der Waals surface area contributed by atoms with Gasteiger partial charge < -0.3 is 25.3 Å². The first kappa shape index (κ1) is 25.2. The molecule has 3 N–H and O–H groups in total. The van der Waals surface area contributed by atoms with Crippen molar-refractivity contribution in [2.24, 2.45) is 7.05 Å². The number of amides is 1. The molecule has 2 saturated heterocycles. The summed E-state index contributed by atoms with van der Waals surface area (Å²) in [6, 6.07) is 9.27. The molecule has 2 atom stereocenters. The van der Waals surface area contributed by atoms with Gasteiger partial charge in [-0.05, 0) is 37.1 Å². The van der Waals surface area contributed by atoms with Crippen LogP contribution in [0.1, 0.15) is 23.3 Å². The molecule has 0 saturated carbocycles. The minimum Gasteiger partial charge on any atom is -0.391 e. The summed E-state index contributed by atoms with van der Waals surface area (Å²) in [6.45, 7) is 2.50. The SMILES string of the molecule is Cn1ncc2cc(N3CC[C@H](O)C3)c(NC(=O)c3cccc(N4CC[C@H](O)C4)n3)cc21.S.S. The van der Waals surface area contributed by atoms with E-state index in [0.29, 0.717) is 43.1 Å². The molecule has 0 bridgehead atoms. The van der Waals surface area contributed by atoms with Crippen LogP contribution in [0.15, 0.2) is 36.5 Å². The van der Waals surface area contributed by atoms with Crippen molar-refractivity contribution in [3.8, 4) is 0 Å². The van der Waals surface area contributed by atoms with Crippen molar-refractivity contribution in [3.63, 3.8) is 0 Å². The third kappa shape index (κ3) is 5.06. The summed E-state index contributed by atoms with van der Waals surface area (Å²) in [7, 11) is 1.86. The average molecular weight is 491 g/mol. The van der Waals surface area contributed by atoms with E-state index in [4.69, 9.17) is 0 Å². The van der Waals surface area contributed by atoms with Gasteiger partial charge in [-0.3, -0.25) is 9.48 Å². The van der Waals surface area contributed by atoms with E-state index in [2.05, 4.69) is 20.3 Å². The highest BCUT2D eigenvalue weighted by Crippen LogP contribution is 2.34. The van der Waals surface area contributed by atoms with Gasteiger partial charge in [-0.25, -0.2) is 4.98 Å². The van der Waals surface area contributed by atoms with Crippen molar-refractivity contribution < 1.29 is 15.0 Å². The molecule has 0 aliphatic carbocycles. The van der Waals surface area contributed by atoms with Gasteiger partial charge in [0.2, 0.25) is 0 Å². The van der Waals surface area contributed by atoms with Gasteiger partial charge in [-0.15, -0.1) is 0 Å². The summed E-state index contributed by atoms with van der Waals surface area (Å²) in [5.74, 6) is 0.387. The number of pyridine rings is 1. The molecule has 2 fully saturated rings. The van der Waals surface area contributed by atoms with E-state index >= 15 is 0 Å². The highest BCUT2D eigenvalue weighted by Gasteiger charge is 2.25. The van der Waals surface area contributed by atoms with Crippen LogP contribution >= 0.6 is 27.0 Å². The molecule has 2 aliphatic rings. The molecule has 1 amide bonds. The molecular formula is C22H30N6O3S2. The fourth-order valence-electron chi connectivity index (χ4n) is 4.37. The lowest BCUT2D eigenvalue weighted by Crippen LogP contribution is -2.25. The normalized spacial score (nSPS) is 20.0. The summed E-state index contributed by atoms with van der Waals surface area (Å²) in [5, 5.41) is 28.1. The van der Waals surface area contributed by atoms with Gasteiger partial charge in [0.15, 0.2) is 0 Å². The van der Waals surface area contributed by atoms with Crippen LogP contribution in [0, 0.1) is 0 Å². The number of benzene rings is 1. The molecule has 0 radical (unpaired) electrons. The number of aliphatic hydroxyl groups is 2. The number of nitrogens with one attached hydrogen (secondary N) is 1. The molecule has 4 heterocycles. The Morgan fingerprint density at radius 2 is 1.76 bits per heavy atom. The maximum atomic E-state index is 13.1. The minimum atomic E-state index is -0.373. The largest absolute Gasteiger partial charge is 0.391 e. The highest BCUT2D eigenvalue weighted by molar-refractivity contribution is 7.59. The Balaban J connectivity index is 0.00000153. The third-order valence-corrected chi connectivity index (χ3v) is 6.07. The molecule has 1 aromatic carbocycles. The lowest BCUT2D eigenvalue weighted by Gasteiger charge is -2.22. The molecule has 178 valence electrons. The summed E-state index contributed by atoms with van der Waals surface area (Å²) in [5.41, 5.74) is 2.76. The van der Waals surface area contributed by atoms with E-state index in [0.717, 1.165) is 29.7 Å². The number of anilines is 3. The molecule has 2 aliphatic heterocycles. The van der Waals surface area contributed by atoms with E-state index in [1.807, 2.05) is 36.2 Å². The topological polar surface area (TPSA) is 107 Å². The first-order valence-corrected chi connectivity index (χ1v) is 10.6. The van der Waals surface area contributed by atoms with Crippen molar-refractivity contribution >= 4 is 61.0 Å². The molecule has 0 unspecified atom stereocenters. The number of rotatable bonds is 4. The molecule has 9 nitrogen and oxygen atoms in total. The van der Waals surface area contributed by atoms with Crippen LogP contribution in [-0.2, 0) is 7.05 Å². The second kappa shape index (κ2) is 10.2. The second-order valence-electron chi connectivity index (χ2n) is 8.31. The molecule has 5 rings (SSSR count). The van der Waals surface area contributed by atoms with Gasteiger partial charge in [-0.2, -0.15) is 32.1 Å². The van der Waals surface area contributed by atoms with Crippen LogP contribution in [0.5, 0.6) is 0 Å². The van der Waals surface area contributed by atoms with Gasteiger partial charge in [0, 0.05) is 38.6 Å². The fourth-order valence-corrected chi connectivity index (χ4v) is 4.37. The molecule has 2 aromatic heterocycles. The fraction of sp³-hybridized carbons (Fsp3) is 0.409. The van der Waals surface area contributed by atoms with Crippen LogP contribution in [0.2, 0.25) is 0 Å². The Bertz CT molecular complexity index is 1140. The van der Waals surface area contributed by atoms with Crippen LogP contribution in [-0.4, -0.2) is 69.3 Å². The lowest BCUT2D eigenvalue weighted by molar-refractivity contribution is 0.102. The van der Waals surface area contributed by atoms with Gasteiger partial charge in [0.25, 0.3) is 5.91 Å². The number of aromatic nitrogens is 3. The van der Waals surface area contributed by atoms with E-state index in [1.54, 1.807) is 16.9 Å². The maximum Gasteiger partial charge on any atom is 0.274 e. The Morgan fingerprint density at radius 3 is 2.42 bits per heavy atom. The second-order valence-corrected chi connectivity index (χ2v) is 8.31. The smallest absolute Gasteiger partial charge is 0.274 e. The third-order valence-electron chi connectivity index (χ3n) is 6.07. The highest BCUT2D eigenvalue weighted by atomic mass is 32.1. The van der Waals surface area contributed by atoms with Crippen molar-refractivity contribution in [1.29, 1.82) is 0 Å². The Labute approximate surface area is 206 Å². The number of aryl methyl sites for hydroxylation is 1. The van der Waals surface area contributed by atoms with Gasteiger partial charge in [0.05, 0.1) is 35.3 Å². The summed E-state index contributed by atoms with van der Waals surface area (Å²) in [6.07, 6.45) is 2.47. The number of carbonyl (C=O) groups excluding carboxylic acids is 1. The number of hydrogen-bond acceptors (Lipinski definition) is 7. The van der Waals surface area contributed by atoms with Gasteiger partial charge in [0.1, 0.15) is 11.5 Å². The van der Waals surface area contributed by atoms with E-state index in [9.17, 15) is 15.0 Å². The number of hydrogen-bond donors (Lipinski definition) is 3. The standard InChI is InChI=1S/C22H26N6O3.2H2S/c1-26-19-10-18(20(9-14(19)11-23-26)27-7-5-15(29)12-27)25-22(31)17-3-2-4-21(24-17)28-8-6-16(30)13-28;;/h2-4,9-11,15-16,29-30H,5-8,12-13H2,1H3,(H,25,31);2*1H2/t15-,16-;;/m0../s1. The predicted octanol–water partition coefficient (Wildman–Crippen LogP) is 1.59. The monoisotopic (exact) mass is 490 g/mol. The number of nitrogens with zero attached hydrogens (tertiary/aromatic N) is 5. The summed E-state index contributed by atoms with van der Waals surface area (Å²) in [4.78, 5) is 21.7. The number of fused-ring (bicyclic) bond motifs is 1. The average Bonchev–Trinajstić information content (AvgIpc) is 3.48. The van der Waals surface area contributed by atoms with Crippen molar-refractivity contribution in [1.82, 2.24) is 14.8 Å². The molecule has 11 heteroatoms. The quantitative estimate of drug-likeness (QED) is 0.510. The van der Waals surface area contributed by atoms with Gasteiger partial charge in [-0.1, -0.05) is 6.07 Å². The Hall–Kier alpha value is -2.47. The zero-order valence-corrected chi connectivity index (χ0v) is 20.4. The molecule has 33 heavy (non-hydrogen) atoms. The number of β-amino-alcohol motifs (C(OH)–C–C–N with tert-alkyl or cyclic N) is 2. The first-order chi connectivity index (χ1) is 15.0. The molecule has 0 spiro atoms. The summed E-state index contributed by atoms with van der Waals surface area (Å²) >= 11 is 0. The van der Waals surface area contributed by atoms with E-state index < -0.39 is 0 Å². The Morgan fingerprint density at radius 1 is 1.06 bits per heavy atom. The molecular weight excluding hydrogens is 460 g/mol. The van der Waals surface area contributed by atoms with Gasteiger partial charge >= 0.3 is 0 Å². The van der Waals surface area contributed by atoms with E-state index in [1.165, 1.54) is 0 Å². The van der Waals surface area contributed by atoms with Crippen molar-refractivity contribution in [2.75, 3.05) is 41.3 Å². The molecule has 3 aromatic rings. The zero-order chi connectivity index (χ0) is 21.5. The van der Waals surface area contributed by atoms with Crippen LogP contribution < -0.4 is 15.1 Å². The Kier molecular flexibility index (Phi) is 7.78. The van der Waals surface area contributed by atoms with Crippen molar-refractivity contribution in [2.45, 2.75) is 25.0 Å². The number of carbonyl (C=O) groups is 1. The maximum absolute atomic E-state index is 13.1. The van der Waals surface area contributed by atoms with Crippen LogP contribution in [0.4, 0.5) is 17.2 Å².